The lowest BCUT2D eigenvalue weighted by Crippen LogP contribution is -2.70. The molecule has 1 aliphatic rings. The molecule has 0 bridgehead atoms. The first-order valence-electron chi connectivity index (χ1n) is 26.6. The van der Waals surface area contributed by atoms with Crippen LogP contribution >= 0.6 is 0 Å². The van der Waals surface area contributed by atoms with Crippen molar-refractivity contribution in [2.75, 3.05) is 19.8 Å². The number of hydrogen-bond donors (Lipinski definition) is 0. The van der Waals surface area contributed by atoms with Gasteiger partial charge in [-0.25, -0.2) is 9.59 Å². The zero-order valence-corrected chi connectivity index (χ0v) is 44.2. The molecule has 2 atom stereocenters. The van der Waals surface area contributed by atoms with Gasteiger partial charge in [0.1, 0.15) is 11.5 Å². The van der Waals surface area contributed by atoms with Crippen molar-refractivity contribution in [3.05, 3.63) is 108 Å². The van der Waals surface area contributed by atoms with Crippen LogP contribution in [0.25, 0.3) is 22.3 Å². The average Bonchev–Trinajstić information content (AvgIpc) is 3.82. The summed E-state index contributed by atoms with van der Waals surface area (Å²) in [7, 11) is 0. The van der Waals surface area contributed by atoms with Gasteiger partial charge in [0, 0.05) is 13.0 Å². The number of benzene rings is 4. The number of amides is 2. The molecule has 0 aromatic heterocycles. The maximum absolute atomic E-state index is 14.4. The summed E-state index contributed by atoms with van der Waals surface area (Å²) in [5.74, 6) is -40.8. The number of halogens is 13. The number of carbonyl (C=O) groups is 4. The summed E-state index contributed by atoms with van der Waals surface area (Å²) in [6.45, 7) is 4.79. The fourth-order valence-electron chi connectivity index (χ4n) is 8.65. The Morgan fingerprint density at radius 2 is 0.738 bits per heavy atom. The number of ether oxygens (including phenoxy) is 4. The van der Waals surface area contributed by atoms with Crippen LogP contribution in [-0.4, -0.2) is 96.4 Å². The number of carbonyl (C=O) groups excluding carboxylic acids is 4. The van der Waals surface area contributed by atoms with Crippen molar-refractivity contribution in [1.82, 2.24) is 4.90 Å². The predicted octanol–water partition coefficient (Wildman–Crippen LogP) is 16.3. The smallest absolute Gasteiger partial charge is 0.460 e. The molecule has 1 aliphatic heterocycles. The first kappa shape index (κ1) is 64.5. The number of hydrogen-bond acceptors (Lipinski definition) is 8. The third-order valence-electron chi connectivity index (χ3n) is 13.5. The molecule has 440 valence electrons. The summed E-state index contributed by atoms with van der Waals surface area (Å²) in [5.41, 5.74) is 2.68. The third-order valence-corrected chi connectivity index (χ3v) is 13.5. The molecule has 1 saturated heterocycles. The highest BCUT2D eigenvalue weighted by atomic mass is 19.4. The van der Waals surface area contributed by atoms with Gasteiger partial charge in [-0.15, -0.1) is 0 Å². The molecule has 0 aliphatic carbocycles. The second-order valence-corrected chi connectivity index (χ2v) is 19.6. The second kappa shape index (κ2) is 28.4. The Balaban J connectivity index is 1.24. The van der Waals surface area contributed by atoms with Crippen LogP contribution in [0.4, 0.5) is 57.1 Å². The number of rotatable bonds is 33. The van der Waals surface area contributed by atoms with Gasteiger partial charge in [-0.3, -0.25) is 14.5 Å². The fourth-order valence-corrected chi connectivity index (χ4v) is 8.65. The van der Waals surface area contributed by atoms with Crippen molar-refractivity contribution in [1.29, 1.82) is 0 Å². The lowest BCUT2D eigenvalue weighted by Gasteiger charge is -2.39. The van der Waals surface area contributed by atoms with Gasteiger partial charge < -0.3 is 18.9 Å². The van der Waals surface area contributed by atoms with Gasteiger partial charge in [-0.1, -0.05) is 139 Å². The average molecular weight is 1150 g/mol. The van der Waals surface area contributed by atoms with Gasteiger partial charge in [0.15, 0.2) is 0 Å². The molecule has 22 heteroatoms. The quantitative estimate of drug-likeness (QED) is 0.0201. The standard InChI is InChI=1S/C58H64F13NO8/c1-3-5-7-9-13-17-37-77-45-31-27-41(28-32-45)39-19-23-43(24-20-39)51(75)79-47-48(80-52(76)44-25-21-40(22-26-44)42-29-33-46(34-30-42)78-38-18-14-10-8-6-4-2)50(74)72(49(47)73)36-16-12-11-15-35-53(59,60)54(61,62)55(63,64)56(65,66)57(67,68)58(69,70)71/h19-34,47-48H,3-18,35-38H2,1-2H3/t47-,48-/m1/s1. The summed E-state index contributed by atoms with van der Waals surface area (Å²) in [6, 6.07) is 26.3. The zero-order valence-electron chi connectivity index (χ0n) is 44.2. The molecule has 4 aromatic rings. The number of unbranched alkanes of at least 4 members (excludes halogenated alkanes) is 13. The van der Waals surface area contributed by atoms with Gasteiger partial charge in [0.25, 0.3) is 11.8 Å². The summed E-state index contributed by atoms with van der Waals surface area (Å²) in [5, 5.41) is 0. The molecule has 5 rings (SSSR count). The van der Waals surface area contributed by atoms with E-state index < -0.39 is 104 Å². The minimum absolute atomic E-state index is 0.0951. The summed E-state index contributed by atoms with van der Waals surface area (Å²) in [6.07, 6.45) is -3.46. The lowest BCUT2D eigenvalue weighted by molar-refractivity contribution is -0.440. The van der Waals surface area contributed by atoms with Crippen LogP contribution in [0, 0.1) is 0 Å². The molecular formula is C58H64F13NO8. The molecule has 1 heterocycles. The minimum atomic E-state index is -8.01. The Hall–Kier alpha value is -6.35. The van der Waals surface area contributed by atoms with Crippen LogP contribution in [0.5, 0.6) is 11.5 Å². The van der Waals surface area contributed by atoms with Crippen LogP contribution in [0.15, 0.2) is 97.1 Å². The second-order valence-electron chi connectivity index (χ2n) is 19.6. The lowest BCUT2D eigenvalue weighted by atomic mass is 9.91. The maximum atomic E-state index is 14.4. The number of imide groups is 1. The molecule has 0 saturated carbocycles. The first-order chi connectivity index (χ1) is 37.7. The molecule has 4 aromatic carbocycles. The minimum Gasteiger partial charge on any atom is -0.494 e. The van der Waals surface area contributed by atoms with Crippen molar-refractivity contribution in [2.24, 2.45) is 0 Å². The predicted molar refractivity (Wildman–Crippen MR) is 270 cm³/mol. The molecular weight excluding hydrogens is 1090 g/mol. The van der Waals surface area contributed by atoms with Crippen molar-refractivity contribution < 1.29 is 95.2 Å². The van der Waals surface area contributed by atoms with Crippen molar-refractivity contribution in [3.63, 3.8) is 0 Å². The summed E-state index contributed by atoms with van der Waals surface area (Å²) < 4.78 is 199. The van der Waals surface area contributed by atoms with E-state index in [9.17, 15) is 76.3 Å². The van der Waals surface area contributed by atoms with Crippen molar-refractivity contribution >= 4 is 23.8 Å². The molecule has 0 N–H and O–H groups in total. The van der Waals surface area contributed by atoms with E-state index in [4.69, 9.17) is 18.9 Å². The zero-order chi connectivity index (χ0) is 58.9. The SMILES string of the molecule is CCCCCCCCOc1ccc(-c2ccc(C(=O)O[C@H]3C(=O)N(CCCCCCC(F)(F)C(F)(F)C(F)(F)C(F)(F)C(F)(F)C(F)(F)F)C(=O)[C@@H]3OC(=O)c3ccc(-c4ccc(OCCCCCCCC)cc4)cc3)cc2)cc1. The van der Waals surface area contributed by atoms with E-state index in [1.54, 1.807) is 48.5 Å². The summed E-state index contributed by atoms with van der Waals surface area (Å²) in [4.78, 5) is 55.3. The van der Waals surface area contributed by atoms with Crippen LogP contribution in [0.1, 0.15) is 144 Å². The van der Waals surface area contributed by atoms with E-state index in [0.717, 1.165) is 62.5 Å². The van der Waals surface area contributed by atoms with Gasteiger partial charge in [0.2, 0.25) is 12.2 Å². The van der Waals surface area contributed by atoms with Gasteiger partial charge in [-0.05, 0) is 96.5 Å². The molecule has 2 amide bonds. The molecule has 9 nitrogen and oxygen atoms in total. The van der Waals surface area contributed by atoms with E-state index in [1.807, 2.05) is 24.3 Å². The van der Waals surface area contributed by atoms with Crippen LogP contribution in [0.2, 0.25) is 0 Å². The van der Waals surface area contributed by atoms with Gasteiger partial charge in [0.05, 0.1) is 24.3 Å². The highest BCUT2D eigenvalue weighted by Gasteiger charge is 2.90. The Bertz CT molecular complexity index is 2470. The molecule has 0 radical (unpaired) electrons. The van der Waals surface area contributed by atoms with E-state index in [-0.39, 0.29) is 17.5 Å². The van der Waals surface area contributed by atoms with E-state index in [1.165, 1.54) is 49.9 Å². The largest absolute Gasteiger partial charge is 0.494 e. The number of esters is 2. The van der Waals surface area contributed by atoms with Crippen LogP contribution < -0.4 is 9.47 Å². The topological polar surface area (TPSA) is 108 Å². The van der Waals surface area contributed by atoms with Crippen LogP contribution in [0.3, 0.4) is 0 Å². The van der Waals surface area contributed by atoms with E-state index in [2.05, 4.69) is 13.8 Å². The van der Waals surface area contributed by atoms with Crippen LogP contribution in [-0.2, 0) is 19.1 Å². The Morgan fingerprint density at radius 1 is 0.412 bits per heavy atom. The number of alkyl halides is 13. The maximum Gasteiger partial charge on any atom is 0.460 e. The summed E-state index contributed by atoms with van der Waals surface area (Å²) >= 11 is 0. The number of likely N-dealkylation sites (tertiary alicyclic amines) is 1. The van der Waals surface area contributed by atoms with Crippen molar-refractivity contribution in [3.8, 4) is 33.8 Å². The number of nitrogens with zero attached hydrogens (tertiary/aromatic N) is 1. The van der Waals surface area contributed by atoms with Gasteiger partial charge >= 0.3 is 47.7 Å². The van der Waals surface area contributed by atoms with E-state index in [0.29, 0.717) is 40.7 Å². The first-order valence-corrected chi connectivity index (χ1v) is 26.6. The Kier molecular flexibility index (Phi) is 22.9. The normalized spacial score (nSPS) is 15.6. The molecule has 0 spiro atoms. The van der Waals surface area contributed by atoms with Crippen molar-refractivity contribution in [2.45, 2.75) is 171 Å². The molecule has 80 heavy (non-hydrogen) atoms. The highest BCUT2D eigenvalue weighted by molar-refractivity contribution is 6.10. The third kappa shape index (κ3) is 15.8. The Labute approximate surface area is 455 Å². The fraction of sp³-hybridized carbons (Fsp3) is 0.517. The van der Waals surface area contributed by atoms with Gasteiger partial charge in [-0.2, -0.15) is 57.1 Å². The molecule has 0 unspecified atom stereocenters. The van der Waals surface area contributed by atoms with E-state index >= 15 is 0 Å². The molecule has 1 fully saturated rings. The highest BCUT2D eigenvalue weighted by Crippen LogP contribution is 2.61. The Morgan fingerprint density at radius 3 is 1.11 bits per heavy atom. The monoisotopic (exact) mass is 1150 g/mol.